The minimum atomic E-state index is -0.447. The van der Waals surface area contributed by atoms with Crippen LogP contribution in [0.4, 0.5) is 11.4 Å². The van der Waals surface area contributed by atoms with E-state index in [9.17, 15) is 10.1 Å². The van der Waals surface area contributed by atoms with Gasteiger partial charge in [0.05, 0.1) is 18.5 Å². The Hall–Kier alpha value is -2.55. The number of hydrogen-bond donors (Lipinski definition) is 1. The Balaban J connectivity index is 1.48. The van der Waals surface area contributed by atoms with Crippen molar-refractivity contribution in [2.75, 3.05) is 20.6 Å². The lowest BCUT2D eigenvalue weighted by Gasteiger charge is -2.43. The van der Waals surface area contributed by atoms with Gasteiger partial charge in [-0.1, -0.05) is 23.7 Å². The van der Waals surface area contributed by atoms with Crippen molar-refractivity contribution in [1.82, 2.24) is 15.2 Å². The molecule has 0 saturated carbocycles. The van der Waals surface area contributed by atoms with Gasteiger partial charge < -0.3 is 4.90 Å². The lowest BCUT2D eigenvalue weighted by molar-refractivity contribution is -0.814. The van der Waals surface area contributed by atoms with Crippen molar-refractivity contribution in [3.63, 3.8) is 0 Å². The summed E-state index contributed by atoms with van der Waals surface area (Å²) in [5.41, 5.74) is 2.80. The molecule has 1 aromatic heterocycles. The van der Waals surface area contributed by atoms with E-state index in [2.05, 4.69) is 41.4 Å². The number of nitro groups is 1. The number of benzene rings is 2. The fraction of sp³-hybridized carbons (Fsp3) is 0.455. The quantitative estimate of drug-likeness (QED) is 0.482. The van der Waals surface area contributed by atoms with Crippen LogP contribution in [-0.2, 0) is 0 Å². The van der Waals surface area contributed by atoms with Gasteiger partial charge >= 0.3 is 5.69 Å². The van der Waals surface area contributed by atoms with Gasteiger partial charge in [0.25, 0.3) is 0 Å². The number of non-ortho nitro benzene ring substituents is 1. The molecular formula is C22H25ClN5O3+. The number of nitrogens with zero attached hydrogens (tertiary/aromatic N) is 4. The first-order valence-electron chi connectivity index (χ1n) is 10.6. The summed E-state index contributed by atoms with van der Waals surface area (Å²) in [7, 11) is 4.34. The summed E-state index contributed by atoms with van der Waals surface area (Å²) in [4.78, 5) is 14.6. The highest BCUT2D eigenvalue weighted by Gasteiger charge is 2.47. The van der Waals surface area contributed by atoms with E-state index < -0.39 is 4.92 Å². The molecule has 5 rings (SSSR count). The maximum Gasteiger partial charge on any atom is 0.301 e. The number of nitrogens with one attached hydrogen (secondary N) is 1. The standard InChI is InChI=1S/C22H24ClN5O3/c1-26(19-9-10-20(28(29)30)22-21(19)24-31-25-22)12-17-16(13-3-5-14(23)6-4-13)11-15-7-8-18(17)27(15)2/h3-6,9-10,15-18H,7-8,11-12H2,1-2H3/p+1/t15?,16-,17+,18?/m1/s1. The molecule has 3 aromatic rings. The Labute approximate surface area is 184 Å². The average molecular weight is 443 g/mol. The zero-order valence-electron chi connectivity index (χ0n) is 17.5. The van der Waals surface area contributed by atoms with Crippen LogP contribution in [-0.4, -0.2) is 52.9 Å². The van der Waals surface area contributed by atoms with Crippen LogP contribution in [0, 0.1) is 16.0 Å². The van der Waals surface area contributed by atoms with Gasteiger partial charge in [-0.2, -0.15) is 0 Å². The second kappa shape index (κ2) is 7.85. The zero-order valence-corrected chi connectivity index (χ0v) is 18.2. The molecule has 1 N–H and O–H groups in total. The maximum absolute atomic E-state index is 11.3. The number of fused-ring (bicyclic) bond motifs is 3. The first-order chi connectivity index (χ1) is 14.9. The summed E-state index contributed by atoms with van der Waals surface area (Å²) in [5.74, 6) is 0.889. The smallest absolute Gasteiger partial charge is 0.301 e. The average Bonchev–Trinajstić information content (AvgIpc) is 3.32. The maximum atomic E-state index is 11.3. The van der Waals surface area contributed by atoms with Crippen LogP contribution in [0.5, 0.6) is 0 Å². The third-order valence-electron chi connectivity index (χ3n) is 7.32. The second-order valence-corrected chi connectivity index (χ2v) is 9.29. The normalized spacial score (nSPS) is 26.9. The van der Waals surface area contributed by atoms with E-state index in [-0.39, 0.29) is 11.2 Å². The molecule has 3 heterocycles. The van der Waals surface area contributed by atoms with Gasteiger partial charge in [-0.25, -0.2) is 4.63 Å². The Kier molecular flexibility index (Phi) is 5.16. The molecule has 0 amide bonds. The SMILES string of the molecule is CN1C2CCC1[C@@H](C[NH+](C)c1ccc([N+](=O)[O-])c3nonc13)[C@@H](c1ccc(Cl)cc1)C2. The first kappa shape index (κ1) is 20.4. The van der Waals surface area contributed by atoms with E-state index in [1.807, 2.05) is 12.1 Å². The highest BCUT2D eigenvalue weighted by molar-refractivity contribution is 6.30. The minimum absolute atomic E-state index is 0.0807. The fourth-order valence-corrected chi connectivity index (χ4v) is 5.88. The number of quaternary nitrogens is 1. The van der Waals surface area contributed by atoms with Crippen molar-refractivity contribution in [2.45, 2.75) is 37.3 Å². The largest absolute Gasteiger partial charge is 0.303 e. The molecule has 0 spiro atoms. The van der Waals surface area contributed by atoms with E-state index in [4.69, 9.17) is 16.2 Å². The number of aromatic nitrogens is 2. The molecule has 0 radical (unpaired) electrons. The van der Waals surface area contributed by atoms with Gasteiger partial charge in [0.2, 0.25) is 11.0 Å². The van der Waals surface area contributed by atoms with Crippen LogP contribution in [0.3, 0.4) is 0 Å². The van der Waals surface area contributed by atoms with Crippen molar-refractivity contribution >= 4 is 34.0 Å². The fourth-order valence-electron chi connectivity index (χ4n) is 5.76. The van der Waals surface area contributed by atoms with E-state index >= 15 is 0 Å². The molecule has 0 aliphatic carbocycles. The molecule has 2 bridgehead atoms. The van der Waals surface area contributed by atoms with E-state index in [0.717, 1.165) is 28.6 Å². The van der Waals surface area contributed by atoms with Gasteiger partial charge in [0.1, 0.15) is 0 Å². The predicted octanol–water partition coefficient (Wildman–Crippen LogP) is 3.20. The van der Waals surface area contributed by atoms with Crippen molar-refractivity contribution < 1.29 is 14.5 Å². The number of piperidine rings is 1. The molecule has 162 valence electrons. The molecular weight excluding hydrogens is 418 g/mol. The summed E-state index contributed by atoms with van der Waals surface area (Å²) < 4.78 is 4.87. The molecule has 2 saturated heterocycles. The van der Waals surface area contributed by atoms with Crippen molar-refractivity contribution in [2.24, 2.45) is 5.92 Å². The van der Waals surface area contributed by atoms with Gasteiger partial charge in [0, 0.05) is 35.2 Å². The van der Waals surface area contributed by atoms with Gasteiger partial charge in [-0.15, -0.1) is 0 Å². The van der Waals surface area contributed by atoms with Gasteiger partial charge in [0.15, 0.2) is 5.69 Å². The van der Waals surface area contributed by atoms with Gasteiger partial charge in [-0.05, 0) is 60.2 Å². The Morgan fingerprint density at radius 1 is 1.19 bits per heavy atom. The minimum Gasteiger partial charge on any atom is -0.303 e. The number of rotatable bonds is 5. The number of halogens is 1. The molecule has 9 heteroatoms. The van der Waals surface area contributed by atoms with E-state index in [1.165, 1.54) is 24.5 Å². The Morgan fingerprint density at radius 3 is 2.68 bits per heavy atom. The highest BCUT2D eigenvalue weighted by Crippen LogP contribution is 2.46. The monoisotopic (exact) mass is 442 g/mol. The molecule has 8 nitrogen and oxygen atoms in total. The first-order valence-corrected chi connectivity index (χ1v) is 11.0. The molecule has 31 heavy (non-hydrogen) atoms. The molecule has 5 atom stereocenters. The molecule has 3 unspecified atom stereocenters. The molecule has 2 aliphatic heterocycles. The van der Waals surface area contributed by atoms with Crippen LogP contribution < -0.4 is 4.90 Å². The molecule has 2 aliphatic rings. The zero-order chi connectivity index (χ0) is 21.7. The summed E-state index contributed by atoms with van der Waals surface area (Å²) >= 11 is 6.14. The third-order valence-corrected chi connectivity index (χ3v) is 7.57. The second-order valence-electron chi connectivity index (χ2n) is 8.86. The van der Waals surface area contributed by atoms with E-state index in [1.54, 1.807) is 6.07 Å². The van der Waals surface area contributed by atoms with Crippen LogP contribution >= 0.6 is 11.6 Å². The lowest BCUT2D eigenvalue weighted by Crippen LogP contribution is -3.05. The summed E-state index contributed by atoms with van der Waals surface area (Å²) in [5, 5.41) is 19.9. The predicted molar refractivity (Wildman–Crippen MR) is 117 cm³/mol. The summed E-state index contributed by atoms with van der Waals surface area (Å²) in [6.07, 6.45) is 3.56. The lowest BCUT2D eigenvalue weighted by atomic mass is 9.76. The van der Waals surface area contributed by atoms with Crippen molar-refractivity contribution in [3.05, 3.63) is 57.1 Å². The Morgan fingerprint density at radius 2 is 1.94 bits per heavy atom. The molecule has 2 aromatic carbocycles. The van der Waals surface area contributed by atoms with Crippen molar-refractivity contribution in [3.8, 4) is 0 Å². The van der Waals surface area contributed by atoms with Gasteiger partial charge in [-0.3, -0.25) is 15.0 Å². The summed E-state index contributed by atoms with van der Waals surface area (Å²) in [6.45, 7) is 0.884. The van der Waals surface area contributed by atoms with E-state index in [0.29, 0.717) is 29.4 Å². The van der Waals surface area contributed by atoms with Crippen LogP contribution in [0.25, 0.3) is 11.0 Å². The Bertz CT molecular complexity index is 1120. The molecule has 2 fully saturated rings. The highest BCUT2D eigenvalue weighted by atomic mass is 35.5. The van der Waals surface area contributed by atoms with Crippen molar-refractivity contribution in [1.29, 1.82) is 0 Å². The van der Waals surface area contributed by atoms with Crippen LogP contribution in [0.15, 0.2) is 41.0 Å². The number of nitro benzene ring substituents is 1. The summed E-state index contributed by atoms with van der Waals surface area (Å²) in [6, 6.07) is 12.7. The van der Waals surface area contributed by atoms with Crippen LogP contribution in [0.1, 0.15) is 30.7 Å². The number of hydrogen-bond acceptors (Lipinski definition) is 6. The van der Waals surface area contributed by atoms with Crippen LogP contribution in [0.2, 0.25) is 5.02 Å². The third kappa shape index (κ3) is 3.48. The topological polar surface area (TPSA) is 89.7 Å².